The maximum atomic E-state index is 13.5. The lowest BCUT2D eigenvalue weighted by molar-refractivity contribution is 0.306. The zero-order valence-corrected chi connectivity index (χ0v) is 28.3. The summed E-state index contributed by atoms with van der Waals surface area (Å²) in [6.45, 7) is 3.25. The van der Waals surface area contributed by atoms with E-state index >= 15 is 0 Å². The molecule has 0 aliphatic heterocycles. The quantitative estimate of drug-likeness (QED) is 0.121. The van der Waals surface area contributed by atoms with E-state index in [9.17, 15) is 4.79 Å². The summed E-state index contributed by atoms with van der Waals surface area (Å²) in [5, 5.41) is 10.1. The molecule has 7 rings (SSSR count). The molecular formula is C39H32ClN5O3S. The van der Waals surface area contributed by atoms with E-state index in [2.05, 4.69) is 17.0 Å². The molecule has 0 saturated carbocycles. The number of benzene rings is 4. The van der Waals surface area contributed by atoms with Crippen molar-refractivity contribution in [1.82, 2.24) is 24.4 Å². The molecule has 0 N–H and O–H groups in total. The van der Waals surface area contributed by atoms with Gasteiger partial charge in [0.1, 0.15) is 23.8 Å². The monoisotopic (exact) mass is 685 g/mol. The number of hydrogen-bond donors (Lipinski definition) is 0. The Morgan fingerprint density at radius 1 is 0.857 bits per heavy atom. The van der Waals surface area contributed by atoms with E-state index in [1.807, 2.05) is 126 Å². The van der Waals surface area contributed by atoms with Crippen LogP contribution in [0, 0.1) is 0 Å². The van der Waals surface area contributed by atoms with Crippen molar-refractivity contribution < 1.29 is 9.47 Å². The highest BCUT2D eigenvalue weighted by Crippen LogP contribution is 2.28. The molecule has 49 heavy (non-hydrogen) atoms. The van der Waals surface area contributed by atoms with Crippen molar-refractivity contribution >= 4 is 46.1 Å². The van der Waals surface area contributed by atoms with Crippen molar-refractivity contribution in [1.29, 1.82) is 0 Å². The minimum atomic E-state index is -0.237. The van der Waals surface area contributed by atoms with Gasteiger partial charge in [0.25, 0.3) is 5.56 Å². The molecule has 3 aromatic heterocycles. The molecule has 0 radical (unpaired) electrons. The van der Waals surface area contributed by atoms with Crippen LogP contribution in [0.5, 0.6) is 11.5 Å². The topological polar surface area (TPSA) is 83.5 Å². The predicted octanol–water partition coefficient (Wildman–Crippen LogP) is 8.13. The number of hydrogen-bond acceptors (Lipinski definition) is 7. The average molecular weight is 686 g/mol. The van der Waals surface area contributed by atoms with Gasteiger partial charge in [-0.1, -0.05) is 97.0 Å². The van der Waals surface area contributed by atoms with Crippen LogP contribution in [-0.2, 0) is 6.61 Å². The van der Waals surface area contributed by atoms with Crippen LogP contribution in [0.2, 0.25) is 5.02 Å². The summed E-state index contributed by atoms with van der Waals surface area (Å²) in [7, 11) is 0. The molecule has 0 amide bonds. The molecule has 0 bridgehead atoms. The van der Waals surface area contributed by atoms with E-state index in [1.54, 1.807) is 6.08 Å². The third kappa shape index (κ3) is 7.64. The molecule has 0 unspecified atom stereocenters. The molecule has 0 spiro atoms. The fourth-order valence-electron chi connectivity index (χ4n) is 5.15. The van der Waals surface area contributed by atoms with Gasteiger partial charge in [0, 0.05) is 22.3 Å². The van der Waals surface area contributed by atoms with Gasteiger partial charge in [-0.05, 0) is 78.2 Å². The zero-order chi connectivity index (χ0) is 33.6. The third-order valence-corrected chi connectivity index (χ3v) is 8.96. The van der Waals surface area contributed by atoms with Gasteiger partial charge >= 0.3 is 0 Å². The van der Waals surface area contributed by atoms with Crippen LogP contribution >= 0.6 is 22.9 Å². The highest BCUT2D eigenvalue weighted by Gasteiger charge is 2.15. The Balaban J connectivity index is 1.17. The van der Waals surface area contributed by atoms with Crippen molar-refractivity contribution in [3.05, 3.63) is 152 Å². The Hall–Kier alpha value is -5.51. The normalized spacial score (nSPS) is 11.9. The maximum Gasteiger partial charge on any atom is 0.291 e. The van der Waals surface area contributed by atoms with Crippen LogP contribution in [-0.4, -0.2) is 31.0 Å². The number of thiazole rings is 1. The molecule has 3 heterocycles. The highest BCUT2D eigenvalue weighted by atomic mass is 35.5. The van der Waals surface area contributed by atoms with Crippen LogP contribution < -0.4 is 19.6 Å². The summed E-state index contributed by atoms with van der Waals surface area (Å²) in [5.41, 5.74) is 5.01. The Morgan fingerprint density at radius 3 is 2.45 bits per heavy atom. The van der Waals surface area contributed by atoms with E-state index in [0.29, 0.717) is 45.0 Å². The number of fused-ring (bicyclic) bond motifs is 1. The molecule has 244 valence electrons. The Labute approximate surface area is 292 Å². The van der Waals surface area contributed by atoms with E-state index in [-0.39, 0.29) is 5.56 Å². The summed E-state index contributed by atoms with van der Waals surface area (Å²) >= 11 is 7.33. The maximum absolute atomic E-state index is 13.5. The molecule has 0 aliphatic rings. The minimum Gasteiger partial charge on any atom is -0.494 e. The van der Waals surface area contributed by atoms with Gasteiger partial charge in [0.05, 0.1) is 16.8 Å². The third-order valence-electron chi connectivity index (χ3n) is 7.75. The Kier molecular flexibility index (Phi) is 9.63. The number of unbranched alkanes of at least 4 members (excludes halogenated alkanes) is 1. The SMILES string of the molecule is CCCCOc1ccc(/C=C/c2nc3s/c(=C\c4cn(-c5ccccc5)nc4-c4cccc(OCc5ccc(Cl)cc5)c4)c(=O)n3n2)cc1. The largest absolute Gasteiger partial charge is 0.494 e. The lowest BCUT2D eigenvalue weighted by Gasteiger charge is -2.08. The first-order valence-electron chi connectivity index (χ1n) is 16.0. The minimum absolute atomic E-state index is 0.237. The fourth-order valence-corrected chi connectivity index (χ4v) is 6.18. The van der Waals surface area contributed by atoms with Crippen molar-refractivity contribution in [3.8, 4) is 28.4 Å². The summed E-state index contributed by atoms with van der Waals surface area (Å²) in [4.78, 5) is 18.7. The van der Waals surface area contributed by atoms with Crippen LogP contribution in [0.4, 0.5) is 0 Å². The zero-order valence-electron chi connectivity index (χ0n) is 26.7. The van der Waals surface area contributed by atoms with Crippen molar-refractivity contribution in [3.63, 3.8) is 0 Å². The highest BCUT2D eigenvalue weighted by molar-refractivity contribution is 7.15. The van der Waals surface area contributed by atoms with Gasteiger partial charge in [0.15, 0.2) is 5.82 Å². The second-order valence-corrected chi connectivity index (χ2v) is 12.8. The number of para-hydroxylation sites is 1. The Bertz CT molecular complexity index is 2330. The molecule has 0 fully saturated rings. The molecule has 8 nitrogen and oxygen atoms in total. The summed E-state index contributed by atoms with van der Waals surface area (Å²) in [6, 6.07) is 33.1. The first-order chi connectivity index (χ1) is 24.0. The summed E-state index contributed by atoms with van der Waals surface area (Å²) in [5.74, 6) is 2.01. The van der Waals surface area contributed by atoms with Crippen LogP contribution in [0.25, 0.3) is 40.1 Å². The molecule has 0 aliphatic carbocycles. The fraction of sp³-hybridized carbons (Fsp3) is 0.128. The van der Waals surface area contributed by atoms with Gasteiger partial charge in [-0.3, -0.25) is 4.79 Å². The first kappa shape index (κ1) is 32.1. The molecule has 0 atom stereocenters. The van der Waals surface area contributed by atoms with Gasteiger partial charge in [-0.25, -0.2) is 4.68 Å². The van der Waals surface area contributed by atoms with Crippen molar-refractivity contribution in [2.24, 2.45) is 0 Å². The molecule has 4 aromatic carbocycles. The average Bonchev–Trinajstić information content (AvgIpc) is 3.82. The lowest BCUT2D eigenvalue weighted by Crippen LogP contribution is -2.23. The van der Waals surface area contributed by atoms with Crippen molar-refractivity contribution in [2.75, 3.05) is 6.61 Å². The van der Waals surface area contributed by atoms with Crippen LogP contribution in [0.1, 0.15) is 42.3 Å². The van der Waals surface area contributed by atoms with E-state index in [0.717, 1.165) is 46.5 Å². The van der Waals surface area contributed by atoms with E-state index < -0.39 is 0 Å². The molecule has 0 saturated heterocycles. The second kappa shape index (κ2) is 14.7. The number of aromatic nitrogens is 5. The van der Waals surface area contributed by atoms with E-state index in [4.69, 9.17) is 26.2 Å². The standard InChI is InChI=1S/C39H32ClN5O3S/c1-2-3-22-47-33-19-14-27(15-20-33)16-21-36-41-39-45(42-36)38(46)35(49-39)24-30-25-44(32-9-5-4-6-10-32)43-37(30)29-8-7-11-34(23-29)48-26-28-12-17-31(40)18-13-28/h4-21,23-25H,2-3,22,26H2,1H3/b21-16+,35-24-. The number of halogens is 1. The van der Waals surface area contributed by atoms with Gasteiger partial charge in [0.2, 0.25) is 4.96 Å². The van der Waals surface area contributed by atoms with Crippen LogP contribution in [0.3, 0.4) is 0 Å². The van der Waals surface area contributed by atoms with Gasteiger partial charge in [-0.2, -0.15) is 14.6 Å². The van der Waals surface area contributed by atoms with Crippen molar-refractivity contribution in [2.45, 2.75) is 26.4 Å². The first-order valence-corrected chi connectivity index (χ1v) is 17.2. The molecule has 10 heteroatoms. The molecular weight excluding hydrogens is 654 g/mol. The number of rotatable bonds is 12. The predicted molar refractivity (Wildman–Crippen MR) is 196 cm³/mol. The summed E-state index contributed by atoms with van der Waals surface area (Å²) in [6.07, 6.45) is 9.63. The van der Waals surface area contributed by atoms with E-state index in [1.165, 1.54) is 15.9 Å². The van der Waals surface area contributed by atoms with Crippen LogP contribution in [0.15, 0.2) is 114 Å². The number of ether oxygens (including phenoxy) is 2. The summed E-state index contributed by atoms with van der Waals surface area (Å²) < 4.78 is 15.5. The van der Waals surface area contributed by atoms with Gasteiger partial charge in [-0.15, -0.1) is 5.10 Å². The number of nitrogens with zero attached hydrogens (tertiary/aromatic N) is 5. The smallest absolute Gasteiger partial charge is 0.291 e. The Morgan fingerprint density at radius 2 is 1.67 bits per heavy atom. The second-order valence-electron chi connectivity index (χ2n) is 11.3. The van der Waals surface area contributed by atoms with Gasteiger partial charge < -0.3 is 9.47 Å². The molecule has 7 aromatic rings. The lowest BCUT2D eigenvalue weighted by atomic mass is 10.1.